The Morgan fingerprint density at radius 2 is 2.05 bits per heavy atom. The third-order valence-electron chi connectivity index (χ3n) is 3.13. The summed E-state index contributed by atoms with van der Waals surface area (Å²) in [6.45, 7) is 1.74. The molecule has 0 bridgehead atoms. The number of methoxy groups -OCH3 is 1. The van der Waals surface area contributed by atoms with E-state index in [1.54, 1.807) is 13.0 Å². The smallest absolute Gasteiger partial charge is 0.488 e. The summed E-state index contributed by atoms with van der Waals surface area (Å²) < 4.78 is 6.52. The van der Waals surface area contributed by atoms with Crippen LogP contribution in [0.3, 0.4) is 0 Å². The van der Waals surface area contributed by atoms with E-state index in [4.69, 9.17) is 4.74 Å². The molecule has 0 fully saturated rings. The number of rotatable bonds is 4. The molecular weight excluding hydrogens is 275 g/mol. The van der Waals surface area contributed by atoms with Crippen molar-refractivity contribution in [2.24, 2.45) is 0 Å². The molecule has 0 aliphatic rings. The fourth-order valence-electron chi connectivity index (χ4n) is 2.00. The highest BCUT2D eigenvalue weighted by molar-refractivity contribution is 6.58. The van der Waals surface area contributed by atoms with Crippen molar-refractivity contribution in [1.82, 2.24) is 9.55 Å². The van der Waals surface area contributed by atoms with Crippen molar-refractivity contribution in [3.63, 3.8) is 0 Å². The molecule has 0 saturated heterocycles. The zero-order valence-corrected chi connectivity index (χ0v) is 11.7. The van der Waals surface area contributed by atoms with E-state index in [2.05, 4.69) is 4.98 Å². The van der Waals surface area contributed by atoms with E-state index in [1.165, 1.54) is 30.0 Å². The molecule has 0 aliphatic heterocycles. The van der Waals surface area contributed by atoms with Crippen molar-refractivity contribution in [3.05, 3.63) is 56.4 Å². The van der Waals surface area contributed by atoms with E-state index in [0.717, 1.165) is 0 Å². The number of aryl methyl sites for hydroxylation is 1. The largest absolute Gasteiger partial charge is 0.496 e. The average molecular weight is 290 g/mol. The molecule has 0 amide bonds. The molecule has 0 spiro atoms. The second-order valence-corrected chi connectivity index (χ2v) is 4.64. The Morgan fingerprint density at radius 3 is 2.67 bits per heavy atom. The molecule has 8 heteroatoms. The Labute approximate surface area is 120 Å². The number of hydrogen-bond donors (Lipinski definition) is 3. The van der Waals surface area contributed by atoms with Crippen LogP contribution in [-0.4, -0.2) is 33.8 Å². The maximum absolute atomic E-state index is 11.8. The Morgan fingerprint density at radius 1 is 1.33 bits per heavy atom. The van der Waals surface area contributed by atoms with Crippen LogP contribution < -0.4 is 21.4 Å². The summed E-state index contributed by atoms with van der Waals surface area (Å²) in [6.07, 6.45) is 1.45. The molecule has 0 unspecified atom stereocenters. The van der Waals surface area contributed by atoms with Crippen molar-refractivity contribution in [2.45, 2.75) is 13.5 Å². The summed E-state index contributed by atoms with van der Waals surface area (Å²) >= 11 is 0. The van der Waals surface area contributed by atoms with Crippen molar-refractivity contribution < 1.29 is 14.8 Å². The minimum Gasteiger partial charge on any atom is -0.496 e. The van der Waals surface area contributed by atoms with Gasteiger partial charge in [0.2, 0.25) is 0 Å². The van der Waals surface area contributed by atoms with Crippen LogP contribution in [0.1, 0.15) is 11.1 Å². The number of aromatic nitrogens is 2. The van der Waals surface area contributed by atoms with Gasteiger partial charge in [-0.25, -0.2) is 4.79 Å². The molecule has 0 saturated carbocycles. The lowest BCUT2D eigenvalue weighted by molar-refractivity contribution is 0.407. The normalized spacial score (nSPS) is 10.5. The molecule has 7 nitrogen and oxygen atoms in total. The standard InChI is InChI=1S/C13H15BN2O5/c1-8-6-16(13(18)15-12(8)17)7-9-5-10(14(19)20)3-4-11(9)21-2/h3-6,19-20H,7H2,1-2H3,(H,15,17,18). The van der Waals surface area contributed by atoms with Gasteiger partial charge in [-0.2, -0.15) is 0 Å². The quantitative estimate of drug-likeness (QED) is 0.600. The van der Waals surface area contributed by atoms with E-state index in [-0.39, 0.29) is 6.54 Å². The first-order valence-corrected chi connectivity index (χ1v) is 6.25. The second-order valence-electron chi connectivity index (χ2n) is 4.64. The van der Waals surface area contributed by atoms with Gasteiger partial charge in [0, 0.05) is 17.3 Å². The summed E-state index contributed by atoms with van der Waals surface area (Å²) in [5.74, 6) is 0.509. The summed E-state index contributed by atoms with van der Waals surface area (Å²) in [4.78, 5) is 25.3. The lowest BCUT2D eigenvalue weighted by Gasteiger charge is -2.12. The maximum Gasteiger partial charge on any atom is 0.488 e. The monoisotopic (exact) mass is 290 g/mol. The molecule has 110 valence electrons. The number of ether oxygens (including phenoxy) is 1. The number of nitrogens with one attached hydrogen (secondary N) is 1. The van der Waals surface area contributed by atoms with Gasteiger partial charge in [-0.05, 0) is 18.5 Å². The van der Waals surface area contributed by atoms with Crippen LogP contribution in [0, 0.1) is 6.92 Å². The number of hydrogen-bond acceptors (Lipinski definition) is 5. The molecule has 2 aromatic rings. The van der Waals surface area contributed by atoms with Crippen LogP contribution >= 0.6 is 0 Å². The van der Waals surface area contributed by atoms with Crippen molar-refractivity contribution in [3.8, 4) is 5.75 Å². The molecule has 2 rings (SSSR count). The molecule has 21 heavy (non-hydrogen) atoms. The molecular formula is C13H15BN2O5. The van der Waals surface area contributed by atoms with Crippen LogP contribution in [0.4, 0.5) is 0 Å². The zero-order chi connectivity index (χ0) is 15.6. The molecule has 1 aromatic heterocycles. The molecule has 0 aliphatic carbocycles. The Kier molecular flexibility index (Phi) is 4.30. The summed E-state index contributed by atoms with van der Waals surface area (Å²) in [6, 6.07) is 4.65. The highest BCUT2D eigenvalue weighted by Gasteiger charge is 2.14. The van der Waals surface area contributed by atoms with Gasteiger partial charge >= 0.3 is 12.8 Å². The van der Waals surface area contributed by atoms with E-state index < -0.39 is 18.4 Å². The predicted molar refractivity (Wildman–Crippen MR) is 78.0 cm³/mol. The summed E-state index contributed by atoms with van der Waals surface area (Å²) in [5.41, 5.74) is 0.328. The van der Waals surface area contributed by atoms with Crippen molar-refractivity contribution in [1.29, 1.82) is 0 Å². The van der Waals surface area contributed by atoms with Gasteiger partial charge in [-0.1, -0.05) is 12.1 Å². The highest BCUT2D eigenvalue weighted by Crippen LogP contribution is 2.17. The fourth-order valence-corrected chi connectivity index (χ4v) is 2.00. The van der Waals surface area contributed by atoms with Crippen LogP contribution in [0.2, 0.25) is 0 Å². The van der Waals surface area contributed by atoms with Crippen LogP contribution in [0.5, 0.6) is 5.75 Å². The van der Waals surface area contributed by atoms with Crippen LogP contribution in [-0.2, 0) is 6.54 Å². The molecule has 3 N–H and O–H groups in total. The number of aromatic amines is 1. The number of H-pyrrole nitrogens is 1. The Hall–Kier alpha value is -2.32. The first-order valence-electron chi connectivity index (χ1n) is 6.25. The van der Waals surface area contributed by atoms with Gasteiger partial charge in [-0.3, -0.25) is 14.3 Å². The third kappa shape index (κ3) is 3.23. The molecule has 1 aromatic carbocycles. The molecule has 0 atom stereocenters. The summed E-state index contributed by atoms with van der Waals surface area (Å²) in [7, 11) is -0.127. The first kappa shape index (κ1) is 15.1. The second kappa shape index (κ2) is 5.98. The van der Waals surface area contributed by atoms with E-state index in [9.17, 15) is 19.6 Å². The van der Waals surface area contributed by atoms with E-state index >= 15 is 0 Å². The highest BCUT2D eigenvalue weighted by atomic mass is 16.5. The Balaban J connectivity index is 2.47. The van der Waals surface area contributed by atoms with Gasteiger partial charge in [-0.15, -0.1) is 0 Å². The van der Waals surface area contributed by atoms with Gasteiger partial charge in [0.05, 0.1) is 13.7 Å². The van der Waals surface area contributed by atoms with Gasteiger partial charge in [0.15, 0.2) is 0 Å². The number of benzene rings is 1. The van der Waals surface area contributed by atoms with E-state index in [0.29, 0.717) is 22.3 Å². The lowest BCUT2D eigenvalue weighted by atomic mass is 9.79. The van der Waals surface area contributed by atoms with E-state index in [1.807, 2.05) is 0 Å². The average Bonchev–Trinajstić information content (AvgIpc) is 2.44. The lowest BCUT2D eigenvalue weighted by Crippen LogP contribution is -2.32. The first-order chi connectivity index (χ1) is 9.92. The summed E-state index contributed by atoms with van der Waals surface area (Å²) in [5, 5.41) is 18.4. The maximum atomic E-state index is 11.8. The molecule has 0 radical (unpaired) electrons. The topological polar surface area (TPSA) is 105 Å². The zero-order valence-electron chi connectivity index (χ0n) is 11.7. The Bertz CT molecular complexity index is 766. The van der Waals surface area contributed by atoms with Crippen LogP contribution in [0.25, 0.3) is 0 Å². The fraction of sp³-hybridized carbons (Fsp3) is 0.231. The minimum atomic E-state index is -1.61. The van der Waals surface area contributed by atoms with Gasteiger partial charge < -0.3 is 14.8 Å². The van der Waals surface area contributed by atoms with Crippen molar-refractivity contribution >= 4 is 12.6 Å². The number of nitrogens with zero attached hydrogens (tertiary/aromatic N) is 1. The SMILES string of the molecule is COc1ccc(B(O)O)cc1Cn1cc(C)c(=O)[nH]c1=O. The third-order valence-corrected chi connectivity index (χ3v) is 3.13. The molecule has 1 heterocycles. The predicted octanol–water partition coefficient (Wildman–Crippen LogP) is -1.42. The van der Waals surface area contributed by atoms with Gasteiger partial charge in [0.25, 0.3) is 5.56 Å². The van der Waals surface area contributed by atoms with Crippen LogP contribution in [0.15, 0.2) is 34.0 Å². The minimum absolute atomic E-state index is 0.139. The van der Waals surface area contributed by atoms with Crippen molar-refractivity contribution in [2.75, 3.05) is 7.11 Å². The van der Waals surface area contributed by atoms with Gasteiger partial charge in [0.1, 0.15) is 5.75 Å².